The predicted octanol–water partition coefficient (Wildman–Crippen LogP) is 1.77. The lowest BCUT2D eigenvalue weighted by Crippen LogP contribution is -2.37. The van der Waals surface area contributed by atoms with Gasteiger partial charge in [0.1, 0.15) is 5.82 Å². The van der Waals surface area contributed by atoms with E-state index in [2.05, 4.69) is 10.9 Å². The second kappa shape index (κ2) is 6.56. The molecule has 114 valence electrons. The van der Waals surface area contributed by atoms with Gasteiger partial charge in [-0.15, -0.1) is 0 Å². The number of anilines is 1. The van der Waals surface area contributed by atoms with E-state index in [9.17, 15) is 14.0 Å². The molecule has 1 atom stereocenters. The number of likely N-dealkylation sites (tertiary alicyclic amines) is 1. The van der Waals surface area contributed by atoms with Gasteiger partial charge in [0.05, 0.1) is 11.6 Å². The fourth-order valence-electron chi connectivity index (χ4n) is 2.33. The lowest BCUT2D eigenvalue weighted by molar-refractivity contribution is -0.129. The molecule has 0 saturated carbocycles. The number of amides is 2. The van der Waals surface area contributed by atoms with Crippen LogP contribution in [0.25, 0.3) is 0 Å². The summed E-state index contributed by atoms with van der Waals surface area (Å²) in [6.45, 7) is 5.20. The molecule has 6 heteroatoms. The molecule has 1 aromatic rings. The Morgan fingerprint density at radius 1 is 1.38 bits per heavy atom. The highest BCUT2D eigenvalue weighted by Crippen LogP contribution is 2.19. The molecule has 0 aromatic heterocycles. The first kappa shape index (κ1) is 15.3. The number of nitrogens with zero attached hydrogens (tertiary/aromatic N) is 1. The monoisotopic (exact) mass is 293 g/mol. The Morgan fingerprint density at radius 2 is 2.05 bits per heavy atom. The summed E-state index contributed by atoms with van der Waals surface area (Å²) in [7, 11) is 0. The minimum atomic E-state index is -0.343. The average Bonchev–Trinajstić information content (AvgIpc) is 2.78. The van der Waals surface area contributed by atoms with Crippen molar-refractivity contribution in [2.45, 2.75) is 20.3 Å². The Balaban J connectivity index is 1.84. The van der Waals surface area contributed by atoms with Crippen LogP contribution in [0, 0.1) is 17.7 Å². The normalized spacial score (nSPS) is 18.2. The highest BCUT2D eigenvalue weighted by Gasteiger charge is 2.34. The third kappa shape index (κ3) is 4.18. The quantitative estimate of drug-likeness (QED) is 0.813. The van der Waals surface area contributed by atoms with Crippen molar-refractivity contribution in [2.24, 2.45) is 11.8 Å². The number of nitrogens with one attached hydrogen (secondary N) is 2. The zero-order valence-electron chi connectivity index (χ0n) is 12.2. The first-order valence-electron chi connectivity index (χ1n) is 7.05. The molecule has 2 amide bonds. The summed E-state index contributed by atoms with van der Waals surface area (Å²) in [4.78, 5) is 25.6. The van der Waals surface area contributed by atoms with Crippen molar-refractivity contribution in [1.29, 1.82) is 0 Å². The van der Waals surface area contributed by atoms with Gasteiger partial charge < -0.3 is 4.90 Å². The van der Waals surface area contributed by atoms with E-state index in [1.165, 1.54) is 24.3 Å². The second-order valence-electron chi connectivity index (χ2n) is 5.71. The van der Waals surface area contributed by atoms with Crippen LogP contribution in [0.2, 0.25) is 0 Å². The maximum atomic E-state index is 12.8. The van der Waals surface area contributed by atoms with Crippen molar-refractivity contribution in [3.63, 3.8) is 0 Å². The van der Waals surface area contributed by atoms with Gasteiger partial charge in [-0.05, 0) is 30.2 Å². The number of hydrogen-bond donors (Lipinski definition) is 2. The molecule has 1 heterocycles. The highest BCUT2D eigenvalue weighted by molar-refractivity contribution is 5.89. The predicted molar refractivity (Wildman–Crippen MR) is 77.7 cm³/mol. The minimum absolute atomic E-state index is 0.0191. The van der Waals surface area contributed by atoms with Gasteiger partial charge in [-0.25, -0.2) is 4.39 Å². The fraction of sp³-hybridized carbons (Fsp3) is 0.467. The zero-order chi connectivity index (χ0) is 15.4. The van der Waals surface area contributed by atoms with Crippen LogP contribution in [0.1, 0.15) is 20.3 Å². The first-order valence-corrected chi connectivity index (χ1v) is 7.05. The molecule has 21 heavy (non-hydrogen) atoms. The molecule has 1 saturated heterocycles. The Bertz CT molecular complexity index is 516. The van der Waals surface area contributed by atoms with E-state index in [-0.39, 0.29) is 30.0 Å². The summed E-state index contributed by atoms with van der Waals surface area (Å²) in [5, 5.41) is 0. The Labute approximate surface area is 123 Å². The van der Waals surface area contributed by atoms with E-state index >= 15 is 0 Å². The summed E-state index contributed by atoms with van der Waals surface area (Å²) in [5.41, 5.74) is 5.88. The molecule has 1 fully saturated rings. The van der Waals surface area contributed by atoms with Gasteiger partial charge in [-0.1, -0.05) is 13.8 Å². The Hall–Kier alpha value is -2.11. The molecule has 0 spiro atoms. The van der Waals surface area contributed by atoms with Gasteiger partial charge in [0.2, 0.25) is 11.8 Å². The van der Waals surface area contributed by atoms with Gasteiger partial charge in [0, 0.05) is 19.5 Å². The number of benzene rings is 1. The molecule has 2 rings (SSSR count). The molecule has 0 aliphatic carbocycles. The van der Waals surface area contributed by atoms with Crippen LogP contribution in [0.3, 0.4) is 0 Å². The van der Waals surface area contributed by atoms with Gasteiger partial charge in [-0.3, -0.25) is 20.4 Å². The molecular formula is C15H20FN3O2. The van der Waals surface area contributed by atoms with Gasteiger partial charge in [0.25, 0.3) is 0 Å². The van der Waals surface area contributed by atoms with Gasteiger partial charge in [-0.2, -0.15) is 0 Å². The van der Waals surface area contributed by atoms with Crippen molar-refractivity contribution in [3.8, 4) is 0 Å². The number of hydrogen-bond acceptors (Lipinski definition) is 3. The number of carbonyl (C=O) groups is 2. The Kier molecular flexibility index (Phi) is 4.77. The van der Waals surface area contributed by atoms with E-state index in [1.807, 2.05) is 13.8 Å². The summed E-state index contributed by atoms with van der Waals surface area (Å²) in [6.07, 6.45) is 0.240. The molecule has 1 aliphatic rings. The molecule has 2 N–H and O–H groups in total. The van der Waals surface area contributed by atoms with Crippen molar-refractivity contribution < 1.29 is 14.0 Å². The molecular weight excluding hydrogens is 273 g/mol. The molecule has 0 bridgehead atoms. The van der Waals surface area contributed by atoms with E-state index in [0.29, 0.717) is 24.7 Å². The van der Waals surface area contributed by atoms with Crippen LogP contribution in [0.5, 0.6) is 0 Å². The second-order valence-corrected chi connectivity index (χ2v) is 5.71. The van der Waals surface area contributed by atoms with Crippen molar-refractivity contribution in [1.82, 2.24) is 10.3 Å². The largest absolute Gasteiger partial charge is 0.342 e. The number of carbonyl (C=O) groups excluding carboxylic acids is 2. The lowest BCUT2D eigenvalue weighted by Gasteiger charge is -2.18. The molecule has 5 nitrogen and oxygen atoms in total. The SMILES string of the molecule is CC(C)CN1C[C@H](C(=O)NNc2ccc(F)cc2)CC1=O. The van der Waals surface area contributed by atoms with Crippen LogP contribution in [0.15, 0.2) is 24.3 Å². The maximum absolute atomic E-state index is 12.8. The van der Waals surface area contributed by atoms with Crippen LogP contribution in [-0.2, 0) is 9.59 Å². The molecule has 1 aromatic carbocycles. The molecule has 1 aliphatic heterocycles. The molecule has 0 unspecified atom stereocenters. The smallest absolute Gasteiger partial charge is 0.243 e. The van der Waals surface area contributed by atoms with Crippen molar-refractivity contribution in [2.75, 3.05) is 18.5 Å². The van der Waals surface area contributed by atoms with Gasteiger partial charge >= 0.3 is 0 Å². The fourth-order valence-corrected chi connectivity index (χ4v) is 2.33. The average molecular weight is 293 g/mol. The van der Waals surface area contributed by atoms with Crippen LogP contribution in [-0.4, -0.2) is 29.8 Å². The van der Waals surface area contributed by atoms with Crippen molar-refractivity contribution in [3.05, 3.63) is 30.1 Å². The standard InChI is InChI=1S/C15H20FN3O2/c1-10(2)8-19-9-11(7-14(19)20)15(21)18-17-13-5-3-12(16)4-6-13/h3-6,10-11,17H,7-9H2,1-2H3,(H,18,21)/t11-/m1/s1. The first-order chi connectivity index (χ1) is 9.95. The lowest BCUT2D eigenvalue weighted by atomic mass is 10.1. The highest BCUT2D eigenvalue weighted by atomic mass is 19.1. The van der Waals surface area contributed by atoms with Crippen LogP contribution in [0.4, 0.5) is 10.1 Å². The summed E-state index contributed by atoms with van der Waals surface area (Å²) in [6, 6.07) is 5.66. The summed E-state index contributed by atoms with van der Waals surface area (Å²) >= 11 is 0. The topological polar surface area (TPSA) is 61.4 Å². The number of hydrazine groups is 1. The van der Waals surface area contributed by atoms with Crippen molar-refractivity contribution >= 4 is 17.5 Å². The van der Waals surface area contributed by atoms with Crippen LogP contribution >= 0.6 is 0 Å². The summed E-state index contributed by atoms with van der Waals surface area (Å²) < 4.78 is 12.8. The van der Waals surface area contributed by atoms with E-state index in [4.69, 9.17) is 0 Å². The Morgan fingerprint density at radius 3 is 2.67 bits per heavy atom. The van der Waals surface area contributed by atoms with Gasteiger partial charge in [0.15, 0.2) is 0 Å². The van der Waals surface area contributed by atoms with E-state index in [0.717, 1.165) is 0 Å². The van der Waals surface area contributed by atoms with Crippen LogP contribution < -0.4 is 10.9 Å². The van der Waals surface area contributed by atoms with E-state index < -0.39 is 0 Å². The van der Waals surface area contributed by atoms with E-state index in [1.54, 1.807) is 4.90 Å². The third-order valence-electron chi connectivity index (χ3n) is 3.35. The molecule has 0 radical (unpaired) electrons. The maximum Gasteiger partial charge on any atom is 0.243 e. The number of halogens is 1. The summed E-state index contributed by atoms with van der Waals surface area (Å²) in [5.74, 6) is -0.501. The minimum Gasteiger partial charge on any atom is -0.342 e. The third-order valence-corrected chi connectivity index (χ3v) is 3.35. The number of rotatable bonds is 5. The zero-order valence-corrected chi connectivity index (χ0v) is 12.2.